The van der Waals surface area contributed by atoms with E-state index in [-0.39, 0.29) is 17.6 Å². The summed E-state index contributed by atoms with van der Waals surface area (Å²) in [5.41, 5.74) is 1.84. The number of benzene rings is 2. The molecule has 8 nitrogen and oxygen atoms in total. The van der Waals surface area contributed by atoms with Crippen molar-refractivity contribution >= 4 is 49.7 Å². The van der Waals surface area contributed by atoms with Gasteiger partial charge in [-0.2, -0.15) is 8.42 Å². The van der Waals surface area contributed by atoms with Crippen molar-refractivity contribution in [1.82, 2.24) is 9.47 Å². The number of hydrogen-bond donors (Lipinski definition) is 1. The molecule has 1 fully saturated rings. The summed E-state index contributed by atoms with van der Waals surface area (Å²) in [6.07, 6.45) is 7.43. The fraction of sp³-hybridized carbons (Fsp3) is 0.378. The van der Waals surface area contributed by atoms with Crippen molar-refractivity contribution in [1.29, 1.82) is 0 Å². The summed E-state index contributed by atoms with van der Waals surface area (Å²) >= 11 is 2.85. The van der Waals surface area contributed by atoms with E-state index in [1.54, 1.807) is 24.3 Å². The highest BCUT2D eigenvalue weighted by Crippen LogP contribution is 2.42. The predicted molar refractivity (Wildman–Crippen MR) is 191 cm³/mol. The standard InChI is InChI=1S/C37H42N2O6S3/c1-27-13-19-31(20-14-27)48(42,43)44-23-22-39-26-28(32-9-3-4-10-33(32)39)8-5-21-38(2)29-15-17-30(18-16-29)45-37(36(40)41,34-11-6-24-46-34)35-12-7-25-47-35/h3-4,6-7,9-14,19-20,24-26,29-30H,5,8,15-18,21-23H2,1-2H3,(H,40,41). The molecule has 0 bridgehead atoms. The van der Waals surface area contributed by atoms with Crippen LogP contribution in [0.15, 0.2) is 94.6 Å². The number of thiophene rings is 2. The molecule has 0 saturated heterocycles. The lowest BCUT2D eigenvalue weighted by molar-refractivity contribution is -0.170. The average Bonchev–Trinajstić information content (AvgIpc) is 3.88. The fourth-order valence-electron chi connectivity index (χ4n) is 6.74. The van der Waals surface area contributed by atoms with Crippen LogP contribution in [0.3, 0.4) is 0 Å². The SMILES string of the molecule is Cc1ccc(S(=O)(=O)OCCn2cc(CCCN(C)C3CCC(OC(C(=O)O)(c4cccs4)c4cccs4)CC3)c3ccccc32)cc1. The first-order valence-corrected chi connectivity index (χ1v) is 19.6. The summed E-state index contributed by atoms with van der Waals surface area (Å²) in [6.45, 7) is 3.34. The molecule has 3 aromatic heterocycles. The number of rotatable bonds is 15. The number of nitrogens with zero attached hydrogens (tertiary/aromatic N) is 2. The minimum absolute atomic E-state index is 0.0533. The Morgan fingerprint density at radius 3 is 2.25 bits per heavy atom. The molecule has 48 heavy (non-hydrogen) atoms. The minimum atomic E-state index is -3.82. The summed E-state index contributed by atoms with van der Waals surface area (Å²) in [5.74, 6) is -0.965. The van der Waals surface area contributed by atoms with E-state index in [4.69, 9.17) is 8.92 Å². The molecule has 11 heteroatoms. The third-order valence-electron chi connectivity index (χ3n) is 9.36. The van der Waals surface area contributed by atoms with Crippen LogP contribution in [-0.4, -0.2) is 61.3 Å². The van der Waals surface area contributed by atoms with Gasteiger partial charge in [0.2, 0.25) is 5.60 Å². The maximum absolute atomic E-state index is 12.8. The van der Waals surface area contributed by atoms with Crippen LogP contribution in [0.2, 0.25) is 0 Å². The van der Waals surface area contributed by atoms with Crippen LogP contribution in [0.4, 0.5) is 0 Å². The highest BCUT2D eigenvalue weighted by molar-refractivity contribution is 7.86. The molecule has 1 aliphatic carbocycles. The molecule has 0 radical (unpaired) electrons. The molecule has 0 aliphatic heterocycles. The van der Waals surface area contributed by atoms with Gasteiger partial charge in [-0.1, -0.05) is 48.0 Å². The Hall–Kier alpha value is -3.32. The Morgan fingerprint density at radius 2 is 1.62 bits per heavy atom. The second kappa shape index (κ2) is 15.1. The molecule has 6 rings (SSSR count). The number of carboxylic acid groups (broad SMARTS) is 1. The van der Waals surface area contributed by atoms with Crippen molar-refractivity contribution in [3.8, 4) is 0 Å². The number of ether oxygens (including phenoxy) is 1. The van der Waals surface area contributed by atoms with Gasteiger partial charge in [0.05, 0.1) is 27.4 Å². The zero-order valence-electron chi connectivity index (χ0n) is 27.3. The zero-order chi connectivity index (χ0) is 33.7. The van der Waals surface area contributed by atoms with Crippen molar-refractivity contribution in [3.05, 3.63) is 111 Å². The van der Waals surface area contributed by atoms with Gasteiger partial charge >= 0.3 is 5.97 Å². The van der Waals surface area contributed by atoms with Gasteiger partial charge in [-0.15, -0.1) is 22.7 Å². The first kappa shape index (κ1) is 34.5. The van der Waals surface area contributed by atoms with Crippen molar-refractivity contribution in [3.63, 3.8) is 0 Å². The summed E-state index contributed by atoms with van der Waals surface area (Å²) in [6, 6.07) is 22.8. The van der Waals surface area contributed by atoms with Gasteiger partial charge < -0.3 is 19.3 Å². The molecule has 0 unspecified atom stereocenters. The molecule has 1 N–H and O–H groups in total. The molecule has 1 aliphatic rings. The van der Waals surface area contributed by atoms with Crippen LogP contribution >= 0.6 is 22.7 Å². The lowest BCUT2D eigenvalue weighted by atomic mass is 9.90. The van der Waals surface area contributed by atoms with Gasteiger partial charge in [-0.05, 0) is 106 Å². The van der Waals surface area contributed by atoms with Gasteiger partial charge in [-0.25, -0.2) is 4.79 Å². The van der Waals surface area contributed by atoms with E-state index in [0.717, 1.165) is 56.1 Å². The number of aliphatic carboxylic acids is 1. The van der Waals surface area contributed by atoms with E-state index in [0.29, 0.717) is 22.3 Å². The molecule has 0 amide bonds. The second-order valence-corrected chi connectivity index (χ2v) is 16.0. The number of fused-ring (bicyclic) bond motifs is 1. The fourth-order valence-corrected chi connectivity index (χ4v) is 9.45. The lowest BCUT2D eigenvalue weighted by Gasteiger charge is -2.38. The first-order chi connectivity index (χ1) is 23.2. The molecule has 254 valence electrons. The van der Waals surface area contributed by atoms with Crippen LogP contribution in [0, 0.1) is 6.92 Å². The number of aryl methyl sites for hydroxylation is 2. The molecule has 3 heterocycles. The van der Waals surface area contributed by atoms with E-state index in [1.165, 1.54) is 33.6 Å². The number of carbonyl (C=O) groups is 1. The minimum Gasteiger partial charge on any atom is -0.479 e. The van der Waals surface area contributed by atoms with Crippen LogP contribution in [0.25, 0.3) is 10.9 Å². The Morgan fingerprint density at radius 1 is 0.958 bits per heavy atom. The van der Waals surface area contributed by atoms with Crippen LogP contribution in [0.5, 0.6) is 0 Å². The van der Waals surface area contributed by atoms with Gasteiger partial charge in [0, 0.05) is 29.7 Å². The first-order valence-electron chi connectivity index (χ1n) is 16.4. The van der Waals surface area contributed by atoms with E-state index in [1.807, 2.05) is 54.1 Å². The van der Waals surface area contributed by atoms with E-state index >= 15 is 0 Å². The van der Waals surface area contributed by atoms with Crippen molar-refractivity contribution in [2.24, 2.45) is 0 Å². The van der Waals surface area contributed by atoms with Gasteiger partial charge in [-0.3, -0.25) is 4.18 Å². The smallest absolute Gasteiger partial charge is 0.347 e. The van der Waals surface area contributed by atoms with Gasteiger partial charge in [0.1, 0.15) is 0 Å². The lowest BCUT2D eigenvalue weighted by Crippen LogP contribution is -2.44. The molecular weight excluding hydrogens is 665 g/mol. The van der Waals surface area contributed by atoms with E-state index in [9.17, 15) is 18.3 Å². The van der Waals surface area contributed by atoms with Crippen molar-refractivity contribution in [2.45, 2.75) is 74.6 Å². The Bertz CT molecular complexity index is 1860. The molecule has 2 aromatic carbocycles. The predicted octanol–water partition coefficient (Wildman–Crippen LogP) is 7.70. The number of hydrogen-bond acceptors (Lipinski definition) is 8. The zero-order valence-corrected chi connectivity index (χ0v) is 29.7. The second-order valence-electron chi connectivity index (χ2n) is 12.5. The highest BCUT2D eigenvalue weighted by atomic mass is 32.2. The number of aromatic nitrogens is 1. The Balaban J connectivity index is 1.02. The third-order valence-corrected chi connectivity index (χ3v) is 12.6. The summed E-state index contributed by atoms with van der Waals surface area (Å²) < 4.78 is 39.4. The molecular formula is C37H42N2O6S3. The Kier molecular flexibility index (Phi) is 10.8. The summed E-state index contributed by atoms with van der Waals surface area (Å²) in [7, 11) is -1.64. The van der Waals surface area contributed by atoms with Gasteiger partial charge in [0.15, 0.2) is 0 Å². The quantitative estimate of drug-likeness (QED) is 0.112. The molecule has 0 spiro atoms. The normalized spacial score (nSPS) is 17.3. The number of carboxylic acids is 1. The van der Waals surface area contributed by atoms with E-state index in [2.05, 4.69) is 34.8 Å². The van der Waals surface area contributed by atoms with Gasteiger partial charge in [0.25, 0.3) is 10.1 Å². The highest BCUT2D eigenvalue weighted by Gasteiger charge is 2.48. The molecule has 5 aromatic rings. The van der Waals surface area contributed by atoms with Crippen LogP contribution in [0.1, 0.15) is 53.0 Å². The third kappa shape index (κ3) is 7.46. The molecule has 0 atom stereocenters. The van der Waals surface area contributed by atoms with Crippen LogP contribution in [-0.2, 0) is 42.4 Å². The summed E-state index contributed by atoms with van der Waals surface area (Å²) in [4.78, 5) is 16.8. The average molecular weight is 707 g/mol. The van der Waals surface area contributed by atoms with Crippen LogP contribution < -0.4 is 0 Å². The number of para-hydroxylation sites is 1. The summed E-state index contributed by atoms with van der Waals surface area (Å²) in [5, 5.41) is 15.5. The van der Waals surface area contributed by atoms with Crippen molar-refractivity contribution < 1.29 is 27.2 Å². The van der Waals surface area contributed by atoms with E-state index < -0.39 is 21.7 Å². The Labute approximate surface area is 290 Å². The topological polar surface area (TPSA) is 98.1 Å². The molecule has 1 saturated carbocycles. The maximum Gasteiger partial charge on any atom is 0.347 e. The largest absolute Gasteiger partial charge is 0.479 e. The maximum atomic E-state index is 12.8. The monoisotopic (exact) mass is 706 g/mol. The van der Waals surface area contributed by atoms with Crippen molar-refractivity contribution in [2.75, 3.05) is 20.2 Å².